The molecule has 6 heteroatoms. The van der Waals surface area contributed by atoms with Gasteiger partial charge in [0.05, 0.1) is 37.3 Å². The van der Waals surface area contributed by atoms with Crippen molar-refractivity contribution >= 4 is 26.6 Å². The third kappa shape index (κ3) is 5.27. The molecule has 0 N–H and O–H groups in total. The molecule has 4 nitrogen and oxygen atoms in total. The van der Waals surface area contributed by atoms with Crippen LogP contribution in [-0.2, 0) is 28.2 Å². The molecule has 4 rings (SSSR count). The van der Waals surface area contributed by atoms with E-state index in [9.17, 15) is 0 Å². The average molecular weight is 454 g/mol. The topological polar surface area (TPSA) is 38.2 Å². The van der Waals surface area contributed by atoms with Gasteiger partial charge in [0.15, 0.2) is 0 Å². The molecule has 0 aliphatic heterocycles. The molecular weight excluding hydrogens is 433 g/mol. The van der Waals surface area contributed by atoms with Gasteiger partial charge >= 0.3 is 25.2 Å². The van der Waals surface area contributed by atoms with Crippen LogP contribution in [0.4, 0.5) is 5.69 Å². The number of fused-ring (bicyclic) bond motifs is 1. The molecule has 0 aliphatic carbocycles. The average Bonchev–Trinajstić information content (AvgIpc) is 2.80. The van der Waals surface area contributed by atoms with Crippen molar-refractivity contribution in [3.05, 3.63) is 96.6 Å². The van der Waals surface area contributed by atoms with E-state index in [1.807, 2.05) is 54.9 Å². The van der Waals surface area contributed by atoms with Crippen LogP contribution in [0.3, 0.4) is 0 Å². The number of pyridine rings is 2. The fraction of sp³-hybridized carbons (Fsp3) is 0.130. The summed E-state index contributed by atoms with van der Waals surface area (Å²) < 4.78 is 5.73. The summed E-state index contributed by atoms with van der Waals surface area (Å²) in [5, 5.41) is 2.34. The first-order valence-corrected chi connectivity index (χ1v) is 10.4. The number of ether oxygens (including phenoxy) is 1. The molecule has 2 aromatic heterocycles. The summed E-state index contributed by atoms with van der Waals surface area (Å²) in [6.07, 6.45) is 3.66. The summed E-state index contributed by atoms with van der Waals surface area (Å²) in [5.74, 6) is 0.848. The number of rotatable bonds is 6. The van der Waals surface area contributed by atoms with Crippen LogP contribution in [0.15, 0.2) is 85.2 Å². The van der Waals surface area contributed by atoms with Crippen molar-refractivity contribution in [1.29, 1.82) is 0 Å². The van der Waals surface area contributed by atoms with Crippen LogP contribution in [-0.4, -0.2) is 17.1 Å². The molecular formula is C23H21ClCuN3O+. The van der Waals surface area contributed by atoms with Crippen molar-refractivity contribution in [2.24, 2.45) is 0 Å². The number of hydrogen-bond donors (Lipinski definition) is 0. The van der Waals surface area contributed by atoms with Crippen LogP contribution in [0.1, 0.15) is 11.4 Å². The summed E-state index contributed by atoms with van der Waals surface area (Å²) in [7, 11) is 5.92. The zero-order valence-corrected chi connectivity index (χ0v) is 17.6. The van der Waals surface area contributed by atoms with Crippen LogP contribution in [0.25, 0.3) is 10.8 Å². The van der Waals surface area contributed by atoms with E-state index in [2.05, 4.69) is 70.4 Å². The van der Waals surface area contributed by atoms with Gasteiger partial charge < -0.3 is 9.64 Å². The maximum absolute atomic E-state index is 5.73. The van der Waals surface area contributed by atoms with Crippen molar-refractivity contribution < 1.29 is 19.8 Å². The second-order valence-electron chi connectivity index (χ2n) is 6.34. The first-order valence-electron chi connectivity index (χ1n) is 9.07. The number of nitrogens with zero attached hydrogens (tertiary/aromatic N) is 3. The molecule has 0 fully saturated rings. The van der Waals surface area contributed by atoms with Gasteiger partial charge in [0, 0.05) is 17.8 Å². The molecule has 0 saturated heterocycles. The summed E-state index contributed by atoms with van der Waals surface area (Å²) in [5.41, 5.74) is 3.07. The van der Waals surface area contributed by atoms with E-state index >= 15 is 0 Å². The number of anilines is 1. The predicted octanol–water partition coefficient (Wildman–Crippen LogP) is 5.53. The van der Waals surface area contributed by atoms with Gasteiger partial charge in [0.25, 0.3) is 0 Å². The van der Waals surface area contributed by atoms with Crippen molar-refractivity contribution in [3.63, 3.8) is 0 Å². The number of benzene rings is 2. The van der Waals surface area contributed by atoms with E-state index < -0.39 is 0 Å². The van der Waals surface area contributed by atoms with Gasteiger partial charge in [-0.1, -0.05) is 42.5 Å². The Balaban J connectivity index is 0.00000117. The molecule has 0 atom stereocenters. The van der Waals surface area contributed by atoms with Gasteiger partial charge in [-0.15, -0.1) is 0 Å². The zero-order valence-electron chi connectivity index (χ0n) is 15.9. The molecule has 0 unspecified atom stereocenters. The van der Waals surface area contributed by atoms with Gasteiger partial charge in [0.1, 0.15) is 5.75 Å². The Labute approximate surface area is 183 Å². The Morgan fingerprint density at radius 1 is 0.793 bits per heavy atom. The van der Waals surface area contributed by atoms with Crippen molar-refractivity contribution in [3.8, 4) is 5.75 Å². The molecule has 0 radical (unpaired) electrons. The Hall–Kier alpha value is -2.59. The number of halogens is 1. The Morgan fingerprint density at radius 2 is 1.38 bits per heavy atom. The fourth-order valence-corrected chi connectivity index (χ4v) is 3.31. The van der Waals surface area contributed by atoms with E-state index in [4.69, 9.17) is 4.74 Å². The van der Waals surface area contributed by atoms with E-state index in [0.717, 1.165) is 28.2 Å². The third-order valence-corrected chi connectivity index (χ3v) is 4.56. The van der Waals surface area contributed by atoms with Crippen molar-refractivity contribution in [1.82, 2.24) is 9.97 Å². The molecule has 2 aromatic carbocycles. The summed E-state index contributed by atoms with van der Waals surface area (Å²) in [6.45, 7) is 1.34. The number of aromatic nitrogens is 2. The quantitative estimate of drug-likeness (QED) is 0.359. The van der Waals surface area contributed by atoms with E-state index in [1.165, 1.54) is 5.39 Å². The molecule has 151 valence electrons. The maximum atomic E-state index is 5.73. The summed E-state index contributed by atoms with van der Waals surface area (Å²) in [6, 6.07) is 24.5. The number of methoxy groups -OCH3 is 1. The SMILES string of the molecule is COc1ccc2ccccc2c1N(Cc1ccccn1)Cc1ccccn1.[Cl][Cu+]. The third-order valence-electron chi connectivity index (χ3n) is 4.56. The minimum absolute atomic E-state index is 0.668. The molecule has 0 spiro atoms. The monoisotopic (exact) mass is 453 g/mol. The summed E-state index contributed by atoms with van der Waals surface area (Å²) >= 11 is 3.66. The van der Waals surface area contributed by atoms with Crippen LogP contribution < -0.4 is 9.64 Å². The Kier molecular flexibility index (Phi) is 7.88. The van der Waals surface area contributed by atoms with Crippen LogP contribution in [0.2, 0.25) is 0 Å². The standard InChI is InChI=1S/C23H21N3O.ClH.Cu/c1-27-22-13-12-18-8-2-3-11-21(18)23(22)26(16-19-9-4-6-14-24-19)17-20-10-5-7-15-25-20;;/h2-15H,16-17H2,1H3;1H;/q;;+2/p-1. The Morgan fingerprint density at radius 3 is 1.93 bits per heavy atom. The van der Waals surface area contributed by atoms with E-state index in [-0.39, 0.29) is 0 Å². The molecule has 0 saturated carbocycles. The second-order valence-corrected chi connectivity index (χ2v) is 6.34. The fourth-order valence-electron chi connectivity index (χ4n) is 3.31. The van der Waals surface area contributed by atoms with E-state index in [1.54, 1.807) is 7.11 Å². The van der Waals surface area contributed by atoms with Gasteiger partial charge in [-0.25, -0.2) is 0 Å². The van der Waals surface area contributed by atoms with Crippen LogP contribution in [0.5, 0.6) is 5.75 Å². The van der Waals surface area contributed by atoms with Gasteiger partial charge in [-0.3, -0.25) is 9.97 Å². The van der Waals surface area contributed by atoms with Crippen molar-refractivity contribution in [2.75, 3.05) is 12.0 Å². The molecule has 29 heavy (non-hydrogen) atoms. The normalized spacial score (nSPS) is 10.2. The second kappa shape index (κ2) is 10.8. The van der Waals surface area contributed by atoms with Gasteiger partial charge in [0.2, 0.25) is 0 Å². The van der Waals surface area contributed by atoms with Gasteiger partial charge in [-0.2, -0.15) is 0 Å². The van der Waals surface area contributed by atoms with Crippen molar-refractivity contribution in [2.45, 2.75) is 13.1 Å². The van der Waals surface area contributed by atoms with Crippen LogP contribution in [0, 0.1) is 0 Å². The molecule has 4 aromatic rings. The first kappa shape index (κ1) is 21.1. The molecule has 0 amide bonds. The molecule has 0 bridgehead atoms. The molecule has 0 aliphatic rings. The van der Waals surface area contributed by atoms with Gasteiger partial charge in [-0.05, 0) is 35.7 Å². The predicted molar refractivity (Wildman–Crippen MR) is 115 cm³/mol. The minimum atomic E-state index is 0.668. The first-order chi connectivity index (χ1) is 14.3. The molecule has 2 heterocycles. The zero-order chi connectivity index (χ0) is 20.5. The summed E-state index contributed by atoms with van der Waals surface area (Å²) in [4.78, 5) is 11.3. The Bertz CT molecular complexity index is 990. The number of hydrogen-bond acceptors (Lipinski definition) is 4. The van der Waals surface area contributed by atoms with Crippen LogP contribution >= 0.6 is 10.1 Å². The van der Waals surface area contributed by atoms with E-state index in [0.29, 0.717) is 13.1 Å².